The van der Waals surface area contributed by atoms with Gasteiger partial charge in [0, 0.05) is 6.20 Å². The zero-order valence-corrected chi connectivity index (χ0v) is 14.0. The fraction of sp³-hybridized carbons (Fsp3) is 0.550. The number of hydrogen-bond donors (Lipinski definition) is 0. The molecule has 0 fully saturated rings. The molecule has 0 bridgehead atoms. The Morgan fingerprint density at radius 1 is 1.24 bits per heavy atom. The van der Waals surface area contributed by atoms with Crippen LogP contribution in [0, 0.1) is 11.8 Å². The zero-order chi connectivity index (χ0) is 15.2. The van der Waals surface area contributed by atoms with Crippen LogP contribution in [0.1, 0.15) is 59.8 Å². The highest BCUT2D eigenvalue weighted by molar-refractivity contribution is 5.63. The molecular weight excluding hydrogens is 254 g/mol. The molecule has 1 heterocycles. The van der Waals surface area contributed by atoms with Gasteiger partial charge in [-0.3, -0.25) is 4.98 Å². The highest BCUT2D eigenvalue weighted by atomic mass is 14.6. The molecule has 0 saturated carbocycles. The van der Waals surface area contributed by atoms with Crippen LogP contribution in [0.15, 0.2) is 30.5 Å². The van der Waals surface area contributed by atoms with Crippen molar-refractivity contribution in [3.05, 3.63) is 41.0 Å². The van der Waals surface area contributed by atoms with Gasteiger partial charge in [-0.25, -0.2) is 0 Å². The van der Waals surface area contributed by atoms with Gasteiger partial charge in [0.2, 0.25) is 0 Å². The Kier molecular flexibility index (Phi) is 5.78. The third kappa shape index (κ3) is 3.64. The number of pyridine rings is 1. The summed E-state index contributed by atoms with van der Waals surface area (Å²) in [5.74, 6) is 1.53. The summed E-state index contributed by atoms with van der Waals surface area (Å²) >= 11 is 0. The molecule has 1 aliphatic rings. The maximum atomic E-state index is 4.68. The quantitative estimate of drug-likeness (QED) is 0.762. The first kappa shape index (κ1) is 16.0. The fourth-order valence-electron chi connectivity index (χ4n) is 3.44. The Bertz CT molecular complexity index is 609. The van der Waals surface area contributed by atoms with Gasteiger partial charge in [-0.1, -0.05) is 51.0 Å². The molecule has 1 nitrogen and oxygen atoms in total. The summed E-state index contributed by atoms with van der Waals surface area (Å²) in [6, 6.07) is 4.37. The fourth-order valence-corrected chi connectivity index (χ4v) is 3.44. The standard InChI is InChI=1S/C20H29N/c1-5-9-17-11-12-18(16(7-3)14-15(4)6-2)19-10-8-13-21-20(17)19/h5,8-10,13,15-16H,6-7,11-12,14H2,1-4H3/b9-5+. The molecule has 0 saturated heterocycles. The lowest BCUT2D eigenvalue weighted by molar-refractivity contribution is 0.428. The van der Waals surface area contributed by atoms with E-state index in [0.29, 0.717) is 0 Å². The molecule has 0 amide bonds. The van der Waals surface area contributed by atoms with Gasteiger partial charge in [-0.05, 0) is 61.3 Å². The van der Waals surface area contributed by atoms with Crippen LogP contribution in [0.3, 0.4) is 0 Å². The molecule has 1 aromatic rings. The smallest absolute Gasteiger partial charge is 0.0733 e. The molecule has 1 aromatic heterocycles. The van der Waals surface area contributed by atoms with Crippen molar-refractivity contribution >= 4 is 11.1 Å². The Labute approximate surface area is 129 Å². The van der Waals surface area contributed by atoms with E-state index in [0.717, 1.165) is 18.3 Å². The Morgan fingerprint density at radius 3 is 2.71 bits per heavy atom. The van der Waals surface area contributed by atoms with Crippen LogP contribution < -0.4 is 10.6 Å². The van der Waals surface area contributed by atoms with Gasteiger partial charge >= 0.3 is 0 Å². The van der Waals surface area contributed by atoms with Crippen molar-refractivity contribution in [3.63, 3.8) is 0 Å². The molecule has 2 rings (SSSR count). The van der Waals surface area contributed by atoms with Crippen LogP contribution in [0.5, 0.6) is 0 Å². The minimum atomic E-state index is 0.718. The Hall–Kier alpha value is -1.37. The molecule has 21 heavy (non-hydrogen) atoms. The number of hydrogen-bond acceptors (Lipinski definition) is 1. The van der Waals surface area contributed by atoms with Gasteiger partial charge in [0.25, 0.3) is 0 Å². The lowest BCUT2D eigenvalue weighted by atomic mass is 9.81. The molecule has 0 N–H and O–H groups in total. The van der Waals surface area contributed by atoms with Gasteiger partial charge in [0.15, 0.2) is 0 Å². The van der Waals surface area contributed by atoms with Crippen LogP contribution in [-0.2, 0) is 0 Å². The summed E-state index contributed by atoms with van der Waals surface area (Å²) < 4.78 is 0. The number of aromatic nitrogens is 1. The van der Waals surface area contributed by atoms with Gasteiger partial charge in [0.05, 0.1) is 5.35 Å². The molecule has 114 valence electrons. The summed E-state index contributed by atoms with van der Waals surface area (Å²) in [7, 11) is 0. The normalized spacial score (nSPS) is 17.9. The average molecular weight is 283 g/mol. The van der Waals surface area contributed by atoms with Gasteiger partial charge < -0.3 is 0 Å². The lowest BCUT2D eigenvalue weighted by Crippen LogP contribution is -2.36. The van der Waals surface area contributed by atoms with E-state index in [2.05, 4.69) is 57.0 Å². The molecule has 0 aromatic carbocycles. The van der Waals surface area contributed by atoms with E-state index in [1.807, 2.05) is 6.20 Å². The Balaban J connectivity index is 2.54. The predicted octanol–water partition coefficient (Wildman–Crippen LogP) is 4.22. The molecule has 2 unspecified atom stereocenters. The summed E-state index contributed by atoms with van der Waals surface area (Å²) in [4.78, 5) is 4.68. The van der Waals surface area contributed by atoms with Gasteiger partial charge in [0.1, 0.15) is 0 Å². The highest BCUT2D eigenvalue weighted by Crippen LogP contribution is 2.30. The van der Waals surface area contributed by atoms with Crippen LogP contribution in [-0.4, -0.2) is 4.98 Å². The summed E-state index contributed by atoms with van der Waals surface area (Å²) in [5.41, 5.74) is 3.05. The summed E-state index contributed by atoms with van der Waals surface area (Å²) in [6.45, 7) is 9.11. The average Bonchev–Trinajstić information content (AvgIpc) is 2.53. The van der Waals surface area contributed by atoms with Gasteiger partial charge in [-0.15, -0.1) is 0 Å². The number of nitrogens with zero attached hydrogens (tertiary/aromatic N) is 1. The largest absolute Gasteiger partial charge is 0.256 e. The zero-order valence-electron chi connectivity index (χ0n) is 14.0. The van der Waals surface area contributed by atoms with Crippen molar-refractivity contribution in [1.82, 2.24) is 4.98 Å². The van der Waals surface area contributed by atoms with Gasteiger partial charge in [-0.2, -0.15) is 0 Å². The molecular formula is C20H29N. The maximum Gasteiger partial charge on any atom is 0.0733 e. The topological polar surface area (TPSA) is 12.9 Å². The molecule has 0 radical (unpaired) electrons. The van der Waals surface area contributed by atoms with Crippen LogP contribution in [0.25, 0.3) is 11.1 Å². The molecule has 2 atom stereocenters. The second kappa shape index (κ2) is 7.59. The van der Waals surface area contributed by atoms with Crippen molar-refractivity contribution < 1.29 is 0 Å². The first-order valence-electron chi connectivity index (χ1n) is 8.51. The van der Waals surface area contributed by atoms with E-state index >= 15 is 0 Å². The van der Waals surface area contributed by atoms with E-state index in [9.17, 15) is 0 Å². The van der Waals surface area contributed by atoms with Crippen LogP contribution in [0.2, 0.25) is 0 Å². The van der Waals surface area contributed by atoms with E-state index in [1.165, 1.54) is 41.8 Å². The summed E-state index contributed by atoms with van der Waals surface area (Å²) in [5, 5.41) is 2.63. The molecule has 1 heteroatoms. The van der Waals surface area contributed by atoms with Crippen molar-refractivity contribution in [2.24, 2.45) is 11.8 Å². The van der Waals surface area contributed by atoms with Crippen molar-refractivity contribution in [3.8, 4) is 0 Å². The third-order valence-electron chi connectivity index (χ3n) is 4.86. The van der Waals surface area contributed by atoms with E-state index < -0.39 is 0 Å². The second-order valence-corrected chi connectivity index (χ2v) is 6.30. The highest BCUT2D eigenvalue weighted by Gasteiger charge is 2.19. The maximum absolute atomic E-state index is 4.68. The number of allylic oxidation sites excluding steroid dienone is 2. The minimum Gasteiger partial charge on any atom is -0.256 e. The monoisotopic (exact) mass is 283 g/mol. The Morgan fingerprint density at radius 2 is 2.05 bits per heavy atom. The summed E-state index contributed by atoms with van der Waals surface area (Å²) in [6.07, 6.45) is 12.5. The first-order valence-corrected chi connectivity index (χ1v) is 8.51. The van der Waals surface area contributed by atoms with Crippen LogP contribution >= 0.6 is 0 Å². The number of rotatable bonds is 6. The third-order valence-corrected chi connectivity index (χ3v) is 4.86. The van der Waals surface area contributed by atoms with Crippen molar-refractivity contribution in [2.75, 3.05) is 0 Å². The SMILES string of the molecule is C/C=C/C1=c2ncccc2=C(C(CC)CC(C)CC)CC1. The van der Waals surface area contributed by atoms with E-state index in [-0.39, 0.29) is 0 Å². The predicted molar refractivity (Wildman–Crippen MR) is 92.2 cm³/mol. The van der Waals surface area contributed by atoms with Crippen molar-refractivity contribution in [2.45, 2.75) is 59.8 Å². The second-order valence-electron chi connectivity index (χ2n) is 6.30. The van der Waals surface area contributed by atoms with Crippen molar-refractivity contribution in [1.29, 1.82) is 0 Å². The molecule has 1 aliphatic carbocycles. The van der Waals surface area contributed by atoms with E-state index in [4.69, 9.17) is 0 Å². The lowest BCUT2D eigenvalue weighted by Gasteiger charge is -2.25. The minimum absolute atomic E-state index is 0.718. The van der Waals surface area contributed by atoms with E-state index in [1.54, 1.807) is 5.57 Å². The molecule has 0 aliphatic heterocycles. The van der Waals surface area contributed by atoms with Crippen LogP contribution in [0.4, 0.5) is 0 Å². The first-order chi connectivity index (χ1) is 10.2. The molecule has 0 spiro atoms. The number of fused-ring (bicyclic) bond motifs is 1.